The van der Waals surface area contributed by atoms with Gasteiger partial charge in [0.2, 0.25) is 0 Å². The first-order valence-corrected chi connectivity index (χ1v) is 8.16. The van der Waals surface area contributed by atoms with Gasteiger partial charge in [0.1, 0.15) is 11.6 Å². The van der Waals surface area contributed by atoms with Gasteiger partial charge in [-0.15, -0.1) is 0 Å². The molecule has 1 aliphatic heterocycles. The molecule has 23 heavy (non-hydrogen) atoms. The van der Waals surface area contributed by atoms with Crippen LogP contribution in [0.1, 0.15) is 43.7 Å². The molecule has 1 aromatic heterocycles. The van der Waals surface area contributed by atoms with E-state index in [0.717, 1.165) is 24.1 Å². The summed E-state index contributed by atoms with van der Waals surface area (Å²) in [4.78, 5) is 16.8. The summed E-state index contributed by atoms with van der Waals surface area (Å²) in [6, 6.07) is 4.72. The van der Waals surface area contributed by atoms with Gasteiger partial charge in [0.25, 0.3) is 0 Å². The van der Waals surface area contributed by atoms with Crippen molar-refractivity contribution < 1.29 is 14.3 Å². The molecule has 5 heteroatoms. The van der Waals surface area contributed by atoms with Crippen LogP contribution in [0, 0.1) is 11.7 Å². The fourth-order valence-electron chi connectivity index (χ4n) is 3.96. The minimum Gasteiger partial charge on any atom is -0.393 e. The van der Waals surface area contributed by atoms with Crippen LogP contribution < -0.4 is 0 Å². The summed E-state index contributed by atoms with van der Waals surface area (Å²) in [6.07, 6.45) is 6.24. The molecule has 1 fully saturated rings. The monoisotopic (exact) mass is 314 g/mol. The van der Waals surface area contributed by atoms with Crippen molar-refractivity contribution in [2.75, 3.05) is 0 Å². The maximum absolute atomic E-state index is 14.3. The van der Waals surface area contributed by atoms with Crippen LogP contribution in [0.15, 0.2) is 30.7 Å². The minimum absolute atomic E-state index is 0.0128. The van der Waals surface area contributed by atoms with Crippen LogP contribution in [0.5, 0.6) is 0 Å². The maximum Gasteiger partial charge on any atom is 0.138 e. The molecule has 2 aliphatic rings. The Hall–Kier alpha value is -2.01. The number of benzene rings is 1. The third-order valence-electron chi connectivity index (χ3n) is 5.21. The van der Waals surface area contributed by atoms with E-state index in [0.29, 0.717) is 18.4 Å². The van der Waals surface area contributed by atoms with E-state index in [1.54, 1.807) is 18.6 Å². The molecular weight excluding hydrogens is 295 g/mol. The zero-order chi connectivity index (χ0) is 16.0. The summed E-state index contributed by atoms with van der Waals surface area (Å²) < 4.78 is 16.3. The number of rotatable bonds is 3. The molecule has 2 heterocycles. The molecule has 1 aromatic carbocycles. The van der Waals surface area contributed by atoms with Gasteiger partial charge in [0.05, 0.1) is 30.4 Å². The summed E-state index contributed by atoms with van der Waals surface area (Å²) in [5.41, 5.74) is 2.31. The minimum atomic E-state index is -0.303. The predicted molar refractivity (Wildman–Crippen MR) is 83.3 cm³/mol. The number of hydrogen-bond donors (Lipinski definition) is 1. The van der Waals surface area contributed by atoms with Gasteiger partial charge in [-0.2, -0.15) is 0 Å². The first-order valence-electron chi connectivity index (χ1n) is 8.16. The van der Waals surface area contributed by atoms with Crippen molar-refractivity contribution in [3.8, 4) is 11.3 Å². The summed E-state index contributed by atoms with van der Waals surface area (Å²) in [7, 11) is 0. The van der Waals surface area contributed by atoms with E-state index in [4.69, 9.17) is 0 Å². The van der Waals surface area contributed by atoms with Crippen LogP contribution in [0.4, 0.5) is 4.39 Å². The summed E-state index contributed by atoms with van der Waals surface area (Å²) in [5.74, 6) is -0.109. The molecule has 0 radical (unpaired) electrons. The number of aromatic nitrogens is 2. The Morgan fingerprint density at radius 1 is 1.30 bits per heavy atom. The molecule has 0 amide bonds. The number of Topliss-reactive ketones (excluding diaryl/α,β-unsaturated/α-hetero) is 1. The highest BCUT2D eigenvalue weighted by molar-refractivity contribution is 5.83. The van der Waals surface area contributed by atoms with Crippen LogP contribution in [-0.2, 0) is 4.79 Å². The largest absolute Gasteiger partial charge is 0.393 e. The Morgan fingerprint density at radius 2 is 2.09 bits per heavy atom. The summed E-state index contributed by atoms with van der Waals surface area (Å²) >= 11 is 0. The Labute approximate surface area is 134 Å². The topological polar surface area (TPSA) is 55.1 Å². The van der Waals surface area contributed by atoms with Crippen molar-refractivity contribution in [1.29, 1.82) is 0 Å². The summed E-state index contributed by atoms with van der Waals surface area (Å²) in [6.45, 7) is 0. The lowest BCUT2D eigenvalue weighted by Crippen LogP contribution is -2.26. The lowest BCUT2D eigenvalue weighted by molar-refractivity contribution is -0.124. The molecule has 0 bridgehead atoms. The fraction of sp³-hybridized carbons (Fsp3) is 0.444. The number of fused-ring (bicyclic) bond motifs is 3. The molecule has 0 spiro atoms. The molecule has 1 aliphatic carbocycles. The molecule has 2 aromatic rings. The number of nitrogens with zero attached hydrogens (tertiary/aromatic N) is 2. The zero-order valence-electron chi connectivity index (χ0n) is 12.8. The highest BCUT2D eigenvalue weighted by Gasteiger charge is 2.35. The lowest BCUT2D eigenvalue weighted by Gasteiger charge is -2.25. The van der Waals surface area contributed by atoms with E-state index >= 15 is 0 Å². The molecule has 1 atom stereocenters. The molecule has 120 valence electrons. The van der Waals surface area contributed by atoms with Crippen LogP contribution in [0.25, 0.3) is 11.3 Å². The van der Waals surface area contributed by atoms with E-state index in [9.17, 15) is 14.3 Å². The van der Waals surface area contributed by atoms with Crippen LogP contribution in [0.3, 0.4) is 0 Å². The van der Waals surface area contributed by atoms with E-state index in [2.05, 4.69) is 4.98 Å². The standard InChI is InChI=1S/C18H19FN2O2/c19-14-3-1-2-13-16-9-20-10-21(16)15(18(13)14)8-17(23)11-4-6-12(22)7-5-11/h1-3,9-12,15,22H,4-8H2/t11-,12-,15-/m0/s1. The van der Waals surface area contributed by atoms with Crippen LogP contribution in [0.2, 0.25) is 0 Å². The average molecular weight is 314 g/mol. The van der Waals surface area contributed by atoms with Gasteiger partial charge in [0.15, 0.2) is 0 Å². The number of imidazole rings is 1. The molecular formula is C18H19FN2O2. The van der Waals surface area contributed by atoms with Crippen molar-refractivity contribution in [2.45, 2.75) is 44.2 Å². The van der Waals surface area contributed by atoms with Crippen LogP contribution in [-0.4, -0.2) is 26.5 Å². The third kappa shape index (κ3) is 2.39. The average Bonchev–Trinajstić information content (AvgIpc) is 3.12. The zero-order valence-corrected chi connectivity index (χ0v) is 12.8. The number of hydrogen-bond acceptors (Lipinski definition) is 3. The quantitative estimate of drug-likeness (QED) is 0.947. The van der Waals surface area contributed by atoms with Crippen LogP contribution >= 0.6 is 0 Å². The van der Waals surface area contributed by atoms with E-state index in [1.807, 2.05) is 10.6 Å². The van der Waals surface area contributed by atoms with Gasteiger partial charge < -0.3 is 9.67 Å². The van der Waals surface area contributed by atoms with Crippen molar-refractivity contribution in [2.24, 2.45) is 5.92 Å². The lowest BCUT2D eigenvalue weighted by atomic mass is 9.82. The van der Waals surface area contributed by atoms with Gasteiger partial charge in [-0.3, -0.25) is 4.79 Å². The van der Waals surface area contributed by atoms with Crippen molar-refractivity contribution >= 4 is 5.78 Å². The first-order chi connectivity index (χ1) is 11.1. The van der Waals surface area contributed by atoms with Gasteiger partial charge in [-0.05, 0) is 31.7 Å². The molecule has 1 N–H and O–H groups in total. The Bertz CT molecular complexity index is 747. The predicted octanol–water partition coefficient (Wildman–Crippen LogP) is 3.10. The van der Waals surface area contributed by atoms with Gasteiger partial charge in [0, 0.05) is 23.5 Å². The van der Waals surface area contributed by atoms with E-state index in [-0.39, 0.29) is 36.1 Å². The SMILES string of the molecule is O=C(C[C@H]1c2c(F)cccc2-c2cncn21)[C@H]1CC[C@H](O)CC1. The smallest absolute Gasteiger partial charge is 0.138 e. The highest BCUT2D eigenvalue weighted by atomic mass is 19.1. The van der Waals surface area contributed by atoms with Crippen molar-refractivity contribution in [3.63, 3.8) is 0 Å². The molecule has 4 rings (SSSR count). The normalized spacial score (nSPS) is 25.9. The molecule has 0 saturated heterocycles. The first kappa shape index (κ1) is 14.6. The van der Waals surface area contributed by atoms with Crippen molar-refractivity contribution in [3.05, 3.63) is 42.1 Å². The number of carbonyl (C=O) groups excluding carboxylic acids is 1. The molecule has 1 saturated carbocycles. The van der Waals surface area contributed by atoms with E-state index < -0.39 is 0 Å². The maximum atomic E-state index is 14.3. The fourth-order valence-corrected chi connectivity index (χ4v) is 3.96. The Kier molecular flexibility index (Phi) is 3.53. The van der Waals surface area contributed by atoms with Crippen molar-refractivity contribution in [1.82, 2.24) is 9.55 Å². The number of ketones is 1. The number of carbonyl (C=O) groups is 1. The van der Waals surface area contributed by atoms with E-state index in [1.165, 1.54) is 6.07 Å². The van der Waals surface area contributed by atoms with Gasteiger partial charge >= 0.3 is 0 Å². The van der Waals surface area contributed by atoms with Gasteiger partial charge in [-0.1, -0.05) is 12.1 Å². The van der Waals surface area contributed by atoms with Gasteiger partial charge in [-0.25, -0.2) is 9.37 Å². The number of aliphatic hydroxyl groups is 1. The Balaban J connectivity index is 1.61. The second-order valence-electron chi connectivity index (χ2n) is 6.58. The third-order valence-corrected chi connectivity index (χ3v) is 5.21. The second kappa shape index (κ2) is 5.57. The summed E-state index contributed by atoms with van der Waals surface area (Å²) in [5, 5.41) is 9.59. The highest BCUT2D eigenvalue weighted by Crippen LogP contribution is 2.43. The molecule has 0 unspecified atom stereocenters. The number of aliphatic hydroxyl groups excluding tert-OH is 1. The molecule has 4 nitrogen and oxygen atoms in total. The Morgan fingerprint density at radius 3 is 2.87 bits per heavy atom. The second-order valence-corrected chi connectivity index (χ2v) is 6.58. The number of halogens is 1.